The largest absolute Gasteiger partial charge is 0.292 e. The van der Waals surface area contributed by atoms with Gasteiger partial charge >= 0.3 is 0 Å². The highest BCUT2D eigenvalue weighted by molar-refractivity contribution is 6.46. The van der Waals surface area contributed by atoms with Crippen molar-refractivity contribution in [2.45, 2.75) is 78.9 Å². The van der Waals surface area contributed by atoms with E-state index < -0.39 is 5.82 Å². The Morgan fingerprint density at radius 2 is 1.82 bits per heavy atom. The molecule has 2 aromatic carbocycles. The minimum Gasteiger partial charge on any atom is -0.292 e. The molecule has 0 saturated heterocycles. The summed E-state index contributed by atoms with van der Waals surface area (Å²) in [6.07, 6.45) is 3.75. The van der Waals surface area contributed by atoms with Gasteiger partial charge in [0.05, 0.1) is 5.02 Å². The molecule has 178 valence electrons. The Morgan fingerprint density at radius 3 is 2.42 bits per heavy atom. The van der Waals surface area contributed by atoms with Crippen LogP contribution in [0.2, 0.25) is 5.02 Å². The van der Waals surface area contributed by atoms with Crippen molar-refractivity contribution in [3.8, 4) is 0 Å². The quantitative estimate of drug-likeness (QED) is 0.493. The van der Waals surface area contributed by atoms with E-state index in [1.165, 1.54) is 23.3 Å². The molecule has 0 spiro atoms. The molecule has 5 heteroatoms. The molecule has 1 aliphatic heterocycles. The number of nitrogens with zero attached hydrogens (tertiary/aromatic N) is 1. The average molecular weight is 471 g/mol. The van der Waals surface area contributed by atoms with Crippen molar-refractivity contribution in [1.29, 1.82) is 0 Å². The molecule has 1 heterocycles. The Hall–Kier alpha value is -2.04. The summed E-state index contributed by atoms with van der Waals surface area (Å²) >= 11 is 6.05. The normalized spacial score (nSPS) is 22.6. The van der Waals surface area contributed by atoms with Crippen molar-refractivity contribution in [2.75, 3.05) is 0 Å². The molecule has 3 nitrogen and oxygen atoms in total. The molecule has 3 rings (SSSR count). The number of benzene rings is 2. The molecule has 0 radical (unpaired) electrons. The first kappa shape index (κ1) is 25.6. The summed E-state index contributed by atoms with van der Waals surface area (Å²) < 4.78 is 13.8. The van der Waals surface area contributed by atoms with E-state index in [0.717, 1.165) is 25.7 Å². The van der Waals surface area contributed by atoms with Crippen LogP contribution in [0.1, 0.15) is 82.5 Å². The minimum absolute atomic E-state index is 0.00559. The van der Waals surface area contributed by atoms with E-state index in [-0.39, 0.29) is 28.4 Å². The summed E-state index contributed by atoms with van der Waals surface area (Å²) in [7, 11) is 0. The number of hydrogen-bond acceptors (Lipinski definition) is 3. The van der Waals surface area contributed by atoms with Gasteiger partial charge in [0.15, 0.2) is 5.78 Å². The molecule has 0 bridgehead atoms. The lowest BCUT2D eigenvalue weighted by Gasteiger charge is -2.31. The third-order valence-corrected chi connectivity index (χ3v) is 7.05. The number of rotatable bonds is 5. The van der Waals surface area contributed by atoms with Gasteiger partial charge in [-0.2, -0.15) is 0 Å². The predicted molar refractivity (Wildman–Crippen MR) is 136 cm³/mol. The fourth-order valence-electron chi connectivity index (χ4n) is 4.57. The Balaban J connectivity index is 1.98. The number of carbonyl (C=O) groups excluding carboxylic acids is 1. The standard InChI is InChI=1S/C28H36ClFN2O/c1-6-24(19-9-7-18(2)8-10-19)31-26-16-13-21(28(3,4)5)12-15-25(33)27(32-26)20-11-14-23(30)22(29)17-20/h7-11,14,17,21,24,26,31H,6,12-13,15-16H2,1-5H3/b32-27-. The fourth-order valence-corrected chi connectivity index (χ4v) is 4.75. The number of carbonyl (C=O) groups is 1. The molecule has 0 saturated carbocycles. The van der Waals surface area contributed by atoms with Crippen LogP contribution in [0.3, 0.4) is 0 Å². The van der Waals surface area contributed by atoms with Crippen molar-refractivity contribution in [3.05, 3.63) is 70.0 Å². The maximum atomic E-state index is 13.8. The monoisotopic (exact) mass is 470 g/mol. The molecule has 3 atom stereocenters. The Kier molecular flexibility index (Phi) is 8.47. The second kappa shape index (κ2) is 10.9. The molecular formula is C28H36ClFN2O. The van der Waals surface area contributed by atoms with Gasteiger partial charge in [-0.05, 0) is 67.7 Å². The maximum absolute atomic E-state index is 13.8. The van der Waals surface area contributed by atoms with Gasteiger partial charge in [0.2, 0.25) is 0 Å². The van der Waals surface area contributed by atoms with Crippen molar-refractivity contribution < 1.29 is 9.18 Å². The van der Waals surface area contributed by atoms with Crippen LogP contribution in [0.4, 0.5) is 4.39 Å². The molecule has 0 fully saturated rings. The Morgan fingerprint density at radius 1 is 1.12 bits per heavy atom. The molecule has 33 heavy (non-hydrogen) atoms. The number of hydrogen-bond donors (Lipinski definition) is 1. The highest BCUT2D eigenvalue weighted by atomic mass is 35.5. The van der Waals surface area contributed by atoms with Gasteiger partial charge in [-0.15, -0.1) is 0 Å². The van der Waals surface area contributed by atoms with Crippen molar-refractivity contribution >= 4 is 23.1 Å². The highest BCUT2D eigenvalue weighted by Crippen LogP contribution is 2.35. The third kappa shape index (κ3) is 6.74. The lowest BCUT2D eigenvalue weighted by Crippen LogP contribution is -2.33. The lowest BCUT2D eigenvalue weighted by atomic mass is 9.75. The van der Waals surface area contributed by atoms with Crippen LogP contribution in [0.25, 0.3) is 0 Å². The highest BCUT2D eigenvalue weighted by Gasteiger charge is 2.30. The first-order valence-electron chi connectivity index (χ1n) is 12.0. The van der Waals surface area contributed by atoms with Crippen molar-refractivity contribution in [2.24, 2.45) is 16.3 Å². The number of Topliss-reactive ketones (excluding diaryl/α,β-unsaturated/α-hetero) is 1. The van der Waals surface area contributed by atoms with Crippen LogP contribution < -0.4 is 5.32 Å². The molecule has 1 N–H and O–H groups in total. The number of halogens is 2. The topological polar surface area (TPSA) is 41.5 Å². The summed E-state index contributed by atoms with van der Waals surface area (Å²) in [6, 6.07) is 13.1. The molecule has 2 aromatic rings. The van der Waals surface area contributed by atoms with Gasteiger partial charge in [0.1, 0.15) is 17.7 Å². The van der Waals surface area contributed by atoms with Gasteiger partial charge in [-0.1, -0.05) is 69.1 Å². The van der Waals surface area contributed by atoms with Crippen LogP contribution in [-0.2, 0) is 4.79 Å². The van der Waals surface area contributed by atoms with Crippen LogP contribution in [0, 0.1) is 24.1 Å². The molecule has 1 aliphatic rings. The third-order valence-electron chi connectivity index (χ3n) is 6.76. The van der Waals surface area contributed by atoms with Gasteiger partial charge in [0.25, 0.3) is 0 Å². The van der Waals surface area contributed by atoms with Crippen molar-refractivity contribution in [3.63, 3.8) is 0 Å². The predicted octanol–water partition coefficient (Wildman–Crippen LogP) is 7.45. The fraction of sp³-hybridized carbons (Fsp3) is 0.500. The zero-order valence-electron chi connectivity index (χ0n) is 20.4. The van der Waals surface area contributed by atoms with Crippen LogP contribution in [0.5, 0.6) is 0 Å². The zero-order chi connectivity index (χ0) is 24.2. The van der Waals surface area contributed by atoms with Gasteiger partial charge in [-0.25, -0.2) is 4.39 Å². The van der Waals surface area contributed by atoms with E-state index in [0.29, 0.717) is 23.6 Å². The molecule has 0 aliphatic carbocycles. The number of ketones is 1. The number of aliphatic imine (C=N–C) groups is 1. The van der Waals surface area contributed by atoms with E-state index in [1.54, 1.807) is 6.07 Å². The number of nitrogens with one attached hydrogen (secondary N) is 1. The maximum Gasteiger partial charge on any atom is 0.181 e. The van der Waals surface area contributed by atoms with Gasteiger partial charge in [0, 0.05) is 18.0 Å². The Bertz CT molecular complexity index is 994. The molecule has 3 unspecified atom stereocenters. The summed E-state index contributed by atoms with van der Waals surface area (Å²) in [5.41, 5.74) is 3.51. The molecule has 0 aromatic heterocycles. The van der Waals surface area contributed by atoms with E-state index in [2.05, 4.69) is 64.2 Å². The SMILES string of the molecule is CCC(NC1CCC(C(C)(C)C)CCC(=O)/C(c2ccc(F)c(Cl)c2)=N\1)c1ccc(C)cc1. The van der Waals surface area contributed by atoms with Crippen LogP contribution in [-0.4, -0.2) is 17.7 Å². The van der Waals surface area contributed by atoms with Crippen LogP contribution in [0.15, 0.2) is 47.5 Å². The average Bonchev–Trinajstić information content (AvgIpc) is 2.84. The molecule has 0 amide bonds. The number of aryl methyl sites for hydroxylation is 1. The van der Waals surface area contributed by atoms with E-state index >= 15 is 0 Å². The molecular weight excluding hydrogens is 435 g/mol. The summed E-state index contributed by atoms with van der Waals surface area (Å²) in [5.74, 6) is -0.0926. The first-order valence-corrected chi connectivity index (χ1v) is 12.3. The lowest BCUT2D eigenvalue weighted by molar-refractivity contribution is -0.113. The van der Waals surface area contributed by atoms with Gasteiger partial charge < -0.3 is 0 Å². The van der Waals surface area contributed by atoms with E-state index in [9.17, 15) is 9.18 Å². The smallest absolute Gasteiger partial charge is 0.181 e. The van der Waals surface area contributed by atoms with Gasteiger partial charge in [-0.3, -0.25) is 15.1 Å². The van der Waals surface area contributed by atoms with Crippen LogP contribution >= 0.6 is 11.6 Å². The van der Waals surface area contributed by atoms with E-state index in [1.807, 2.05) is 0 Å². The zero-order valence-corrected chi connectivity index (χ0v) is 21.2. The Labute approximate surface area is 202 Å². The first-order chi connectivity index (χ1) is 15.6. The summed E-state index contributed by atoms with van der Waals surface area (Å²) in [6.45, 7) is 11.0. The summed E-state index contributed by atoms with van der Waals surface area (Å²) in [5, 5.41) is 3.71. The second-order valence-corrected chi connectivity index (χ2v) is 10.7. The van der Waals surface area contributed by atoms with Crippen molar-refractivity contribution in [1.82, 2.24) is 5.32 Å². The minimum atomic E-state index is -0.496. The second-order valence-electron chi connectivity index (χ2n) is 10.3. The summed E-state index contributed by atoms with van der Waals surface area (Å²) in [4.78, 5) is 18.2. The van der Waals surface area contributed by atoms with E-state index in [4.69, 9.17) is 16.6 Å².